The lowest BCUT2D eigenvalue weighted by atomic mass is 10.1. The first-order chi connectivity index (χ1) is 12.3. The van der Waals surface area contributed by atoms with Crippen LogP contribution in [0.25, 0.3) is 0 Å². The van der Waals surface area contributed by atoms with E-state index in [2.05, 4.69) is 4.74 Å². The van der Waals surface area contributed by atoms with Crippen LogP contribution in [-0.4, -0.2) is 58.1 Å². The van der Waals surface area contributed by atoms with Crippen LogP contribution in [-0.2, 0) is 35.5 Å². The average Bonchev–Trinajstić information content (AvgIpc) is 3.15. The number of amides is 1. The van der Waals surface area contributed by atoms with Gasteiger partial charge in [0.1, 0.15) is 6.10 Å². The molecule has 1 fully saturated rings. The van der Waals surface area contributed by atoms with Crippen molar-refractivity contribution in [3.63, 3.8) is 0 Å². The molecule has 0 bridgehead atoms. The van der Waals surface area contributed by atoms with Crippen LogP contribution in [0.4, 0.5) is 0 Å². The highest BCUT2D eigenvalue weighted by molar-refractivity contribution is 7.89. The number of hydrogen-bond acceptors (Lipinski definition) is 6. The molecule has 1 aromatic carbocycles. The molecule has 1 atom stereocenters. The van der Waals surface area contributed by atoms with E-state index in [1.807, 2.05) is 0 Å². The largest absolute Gasteiger partial charge is 0.469 e. The number of rotatable bonds is 8. The molecule has 2 rings (SSSR count). The number of ether oxygens (including phenoxy) is 2. The lowest BCUT2D eigenvalue weighted by Crippen LogP contribution is -2.41. The van der Waals surface area contributed by atoms with Gasteiger partial charge in [0.2, 0.25) is 10.0 Å². The van der Waals surface area contributed by atoms with Crippen LogP contribution < -0.4 is 5.14 Å². The molecule has 26 heavy (non-hydrogen) atoms. The molecule has 0 aliphatic carbocycles. The molecular weight excluding hydrogens is 360 g/mol. The van der Waals surface area contributed by atoms with Crippen molar-refractivity contribution in [1.82, 2.24) is 4.90 Å². The first-order valence-electron chi connectivity index (χ1n) is 8.40. The summed E-state index contributed by atoms with van der Waals surface area (Å²) in [5.41, 5.74) is 0.862. The maximum absolute atomic E-state index is 12.6. The van der Waals surface area contributed by atoms with Crippen LogP contribution in [0.1, 0.15) is 24.8 Å². The molecule has 0 spiro atoms. The number of hydrogen-bond donors (Lipinski definition) is 1. The smallest absolute Gasteiger partial charge is 0.307 e. The van der Waals surface area contributed by atoms with Gasteiger partial charge in [0.15, 0.2) is 0 Å². The molecule has 1 amide bonds. The Kier molecular flexibility index (Phi) is 7.13. The summed E-state index contributed by atoms with van der Waals surface area (Å²) in [6, 6.07) is 6.19. The number of primary sulfonamides is 1. The monoisotopic (exact) mass is 384 g/mol. The Balaban J connectivity index is 2.00. The summed E-state index contributed by atoms with van der Waals surface area (Å²) in [5, 5.41) is 5.08. The van der Waals surface area contributed by atoms with E-state index >= 15 is 0 Å². The number of methoxy groups -OCH3 is 1. The summed E-state index contributed by atoms with van der Waals surface area (Å²) in [7, 11) is -2.42. The Bertz CT molecular complexity index is 726. The van der Waals surface area contributed by atoms with Gasteiger partial charge in [0, 0.05) is 19.7 Å². The second kappa shape index (κ2) is 9.11. The van der Waals surface area contributed by atoms with E-state index in [1.165, 1.54) is 19.2 Å². The predicted molar refractivity (Wildman–Crippen MR) is 93.7 cm³/mol. The molecule has 0 radical (unpaired) electrons. The van der Waals surface area contributed by atoms with Gasteiger partial charge in [0.25, 0.3) is 5.91 Å². The number of benzene rings is 1. The lowest BCUT2D eigenvalue weighted by Gasteiger charge is -2.25. The van der Waals surface area contributed by atoms with E-state index in [9.17, 15) is 18.0 Å². The van der Waals surface area contributed by atoms with Crippen LogP contribution in [0.15, 0.2) is 29.2 Å². The molecule has 1 unspecified atom stereocenters. The van der Waals surface area contributed by atoms with Crippen molar-refractivity contribution < 1.29 is 27.5 Å². The number of nitrogens with two attached hydrogens (primary N) is 1. The standard InChI is InChI=1S/C17H24N2O6S/c1-24-16(20)9-11-19(17(21)15-3-2-12-25-15)10-8-13-4-6-14(7-5-13)26(18,22)23/h4-7,15H,2-3,8-12H2,1H3,(H2,18,22,23). The van der Waals surface area contributed by atoms with Crippen LogP contribution >= 0.6 is 0 Å². The van der Waals surface area contributed by atoms with Gasteiger partial charge in [0.05, 0.1) is 18.4 Å². The predicted octanol–water partition coefficient (Wildman–Crippen LogP) is 0.447. The summed E-state index contributed by atoms with van der Waals surface area (Å²) in [5.74, 6) is -0.514. The van der Waals surface area contributed by atoms with E-state index < -0.39 is 16.1 Å². The molecule has 0 saturated carbocycles. The Morgan fingerprint density at radius 3 is 2.50 bits per heavy atom. The van der Waals surface area contributed by atoms with Gasteiger partial charge < -0.3 is 14.4 Å². The molecular formula is C17H24N2O6S. The van der Waals surface area contributed by atoms with Gasteiger partial charge in [-0.25, -0.2) is 13.6 Å². The fraction of sp³-hybridized carbons (Fsp3) is 0.529. The quantitative estimate of drug-likeness (QED) is 0.651. The van der Waals surface area contributed by atoms with Crippen molar-refractivity contribution in [2.24, 2.45) is 5.14 Å². The summed E-state index contributed by atoms with van der Waals surface area (Å²) < 4.78 is 32.7. The van der Waals surface area contributed by atoms with Crippen LogP contribution in [0.2, 0.25) is 0 Å². The van der Waals surface area contributed by atoms with Crippen molar-refractivity contribution in [1.29, 1.82) is 0 Å². The minimum absolute atomic E-state index is 0.0410. The van der Waals surface area contributed by atoms with Crippen molar-refractivity contribution in [3.05, 3.63) is 29.8 Å². The molecule has 0 aromatic heterocycles. The van der Waals surface area contributed by atoms with Crippen molar-refractivity contribution in [2.45, 2.75) is 36.7 Å². The highest BCUT2D eigenvalue weighted by Crippen LogP contribution is 2.16. The number of esters is 1. The topological polar surface area (TPSA) is 116 Å². The highest BCUT2D eigenvalue weighted by Gasteiger charge is 2.28. The minimum Gasteiger partial charge on any atom is -0.469 e. The van der Waals surface area contributed by atoms with Gasteiger partial charge in [-0.2, -0.15) is 0 Å². The van der Waals surface area contributed by atoms with Crippen molar-refractivity contribution in [2.75, 3.05) is 26.8 Å². The number of carbonyl (C=O) groups is 2. The van der Waals surface area contributed by atoms with Gasteiger partial charge in [-0.1, -0.05) is 12.1 Å². The summed E-state index contributed by atoms with van der Waals surface area (Å²) >= 11 is 0. The van der Waals surface area contributed by atoms with E-state index in [-0.39, 0.29) is 29.7 Å². The van der Waals surface area contributed by atoms with Gasteiger partial charge >= 0.3 is 5.97 Å². The zero-order valence-electron chi connectivity index (χ0n) is 14.7. The van der Waals surface area contributed by atoms with Crippen LogP contribution in [0.3, 0.4) is 0 Å². The SMILES string of the molecule is COC(=O)CCN(CCc1ccc(S(N)(=O)=O)cc1)C(=O)C1CCCO1. The first kappa shape index (κ1) is 20.3. The number of carbonyl (C=O) groups excluding carboxylic acids is 2. The number of sulfonamides is 1. The van der Waals surface area contributed by atoms with Crippen molar-refractivity contribution in [3.8, 4) is 0 Å². The molecule has 144 valence electrons. The Morgan fingerprint density at radius 1 is 1.27 bits per heavy atom. The van der Waals surface area contributed by atoms with Gasteiger partial charge in [-0.05, 0) is 37.0 Å². The normalized spacial score (nSPS) is 17.1. The second-order valence-corrected chi connectivity index (χ2v) is 7.65. The van der Waals surface area contributed by atoms with Crippen LogP contribution in [0.5, 0.6) is 0 Å². The maximum Gasteiger partial charge on any atom is 0.307 e. The first-order valence-corrected chi connectivity index (χ1v) is 9.95. The van der Waals surface area contributed by atoms with Crippen LogP contribution in [0, 0.1) is 0 Å². The fourth-order valence-electron chi connectivity index (χ4n) is 2.75. The summed E-state index contributed by atoms with van der Waals surface area (Å²) in [6.07, 6.45) is 1.69. The van der Waals surface area contributed by atoms with Crippen molar-refractivity contribution >= 4 is 21.9 Å². The Hall–Kier alpha value is -1.97. The molecule has 1 saturated heterocycles. The van der Waals surface area contributed by atoms with E-state index in [4.69, 9.17) is 9.88 Å². The van der Waals surface area contributed by atoms with Gasteiger partial charge in [-0.3, -0.25) is 9.59 Å². The molecule has 1 heterocycles. The third-order valence-electron chi connectivity index (χ3n) is 4.25. The minimum atomic E-state index is -3.73. The second-order valence-electron chi connectivity index (χ2n) is 6.09. The summed E-state index contributed by atoms with van der Waals surface area (Å²) in [4.78, 5) is 25.7. The molecule has 1 aromatic rings. The highest BCUT2D eigenvalue weighted by atomic mass is 32.2. The average molecular weight is 384 g/mol. The molecule has 1 aliphatic heterocycles. The molecule has 2 N–H and O–H groups in total. The fourth-order valence-corrected chi connectivity index (χ4v) is 3.26. The molecule has 8 nitrogen and oxygen atoms in total. The zero-order valence-corrected chi connectivity index (χ0v) is 15.5. The third kappa shape index (κ3) is 5.79. The summed E-state index contributed by atoms with van der Waals surface area (Å²) in [6.45, 7) is 1.21. The third-order valence-corrected chi connectivity index (χ3v) is 5.18. The Labute approximate surface area is 153 Å². The molecule has 1 aliphatic rings. The molecule has 9 heteroatoms. The number of nitrogens with zero attached hydrogens (tertiary/aromatic N) is 1. The van der Waals surface area contributed by atoms with E-state index in [0.29, 0.717) is 26.0 Å². The van der Waals surface area contributed by atoms with Gasteiger partial charge in [-0.15, -0.1) is 0 Å². The maximum atomic E-state index is 12.6. The van der Waals surface area contributed by atoms with E-state index in [0.717, 1.165) is 12.0 Å². The lowest BCUT2D eigenvalue weighted by molar-refractivity contribution is -0.144. The zero-order chi connectivity index (χ0) is 19.2. The van der Waals surface area contributed by atoms with E-state index in [1.54, 1.807) is 17.0 Å². The Morgan fingerprint density at radius 2 is 1.96 bits per heavy atom.